The molecular weight excluding hydrogens is 298 g/mol. The molecule has 0 bridgehead atoms. The van der Waals surface area contributed by atoms with Crippen LogP contribution in [0.25, 0.3) is 6.08 Å². The number of amides is 1. The van der Waals surface area contributed by atoms with Crippen molar-refractivity contribution in [2.24, 2.45) is 7.05 Å². The highest BCUT2D eigenvalue weighted by molar-refractivity contribution is 6.32. The Bertz CT molecular complexity index is 704. The van der Waals surface area contributed by atoms with Gasteiger partial charge in [0.2, 0.25) is 5.91 Å². The number of carbonyl (C=O) groups excluding carboxylic acids is 1. The summed E-state index contributed by atoms with van der Waals surface area (Å²) in [6.07, 6.45) is 6.55. The number of carbonyl (C=O) groups is 1. The second kappa shape index (κ2) is 7.27. The van der Waals surface area contributed by atoms with Gasteiger partial charge >= 0.3 is 0 Å². The highest BCUT2D eigenvalue weighted by Crippen LogP contribution is 2.29. The van der Waals surface area contributed by atoms with E-state index in [1.807, 2.05) is 32.2 Å². The van der Waals surface area contributed by atoms with Crippen LogP contribution in [0.3, 0.4) is 0 Å². The van der Waals surface area contributed by atoms with Gasteiger partial charge in [0.25, 0.3) is 0 Å². The van der Waals surface area contributed by atoms with Crippen LogP contribution in [-0.2, 0) is 24.7 Å². The lowest BCUT2D eigenvalue weighted by molar-refractivity contribution is -0.111. The van der Waals surface area contributed by atoms with E-state index in [1.54, 1.807) is 17.0 Å². The van der Waals surface area contributed by atoms with Gasteiger partial charge in [0.15, 0.2) is 0 Å². The van der Waals surface area contributed by atoms with Crippen LogP contribution < -0.4 is 5.32 Å². The second-order valence-corrected chi connectivity index (χ2v) is 5.38. The van der Waals surface area contributed by atoms with Crippen LogP contribution in [0.4, 0.5) is 5.69 Å². The summed E-state index contributed by atoms with van der Waals surface area (Å²) in [6, 6.07) is 5.69. The van der Waals surface area contributed by atoms with Crippen LogP contribution in [0.2, 0.25) is 5.02 Å². The summed E-state index contributed by atoms with van der Waals surface area (Å²) >= 11 is 6.24. The Hall–Kier alpha value is -2.07. The quantitative estimate of drug-likeness (QED) is 0.851. The maximum atomic E-state index is 12.2. The fourth-order valence-electron chi connectivity index (χ4n) is 2.34. The number of aryl methyl sites for hydroxylation is 2. The van der Waals surface area contributed by atoms with Gasteiger partial charge in [-0.15, -0.1) is 0 Å². The number of rotatable bonds is 5. The van der Waals surface area contributed by atoms with Crippen LogP contribution in [0.1, 0.15) is 30.7 Å². The highest BCUT2D eigenvalue weighted by atomic mass is 35.5. The van der Waals surface area contributed by atoms with Crippen molar-refractivity contribution in [3.8, 4) is 0 Å². The molecule has 1 aromatic carbocycles. The van der Waals surface area contributed by atoms with Gasteiger partial charge in [-0.05, 0) is 42.2 Å². The van der Waals surface area contributed by atoms with Crippen LogP contribution in [0.15, 0.2) is 30.5 Å². The van der Waals surface area contributed by atoms with E-state index in [9.17, 15) is 4.79 Å². The molecule has 0 radical (unpaired) electrons. The molecule has 0 saturated carbocycles. The lowest BCUT2D eigenvalue weighted by atomic mass is 10.0. The van der Waals surface area contributed by atoms with E-state index in [0.29, 0.717) is 5.02 Å². The van der Waals surface area contributed by atoms with Gasteiger partial charge in [-0.1, -0.05) is 31.5 Å². The number of nitrogens with zero attached hydrogens (tertiary/aromatic N) is 2. The molecule has 0 spiro atoms. The van der Waals surface area contributed by atoms with Crippen LogP contribution >= 0.6 is 11.6 Å². The highest BCUT2D eigenvalue weighted by Gasteiger charge is 2.12. The summed E-state index contributed by atoms with van der Waals surface area (Å²) in [5.41, 5.74) is 3.76. The van der Waals surface area contributed by atoms with E-state index >= 15 is 0 Å². The number of anilines is 1. The smallest absolute Gasteiger partial charge is 0.248 e. The minimum absolute atomic E-state index is 0.173. The summed E-state index contributed by atoms with van der Waals surface area (Å²) in [5.74, 6) is -0.173. The summed E-state index contributed by atoms with van der Waals surface area (Å²) in [5, 5.41) is 7.71. The minimum Gasteiger partial charge on any atom is -0.322 e. The first-order valence-electron chi connectivity index (χ1n) is 7.34. The molecular formula is C17H20ClN3O. The molecule has 116 valence electrons. The first-order chi connectivity index (χ1) is 10.6. The first kappa shape index (κ1) is 16.3. The SMILES string of the molecule is CCc1ccc(Cl)c(CC)c1NC(=O)C=Cc1ccnn1C. The van der Waals surface area contributed by atoms with Crippen molar-refractivity contribution in [1.29, 1.82) is 0 Å². The lowest BCUT2D eigenvalue weighted by Crippen LogP contribution is -2.12. The van der Waals surface area contributed by atoms with Gasteiger partial charge in [-0.3, -0.25) is 9.48 Å². The van der Waals surface area contributed by atoms with Gasteiger partial charge in [0.1, 0.15) is 0 Å². The van der Waals surface area contributed by atoms with Gasteiger partial charge in [0.05, 0.1) is 5.69 Å². The fourth-order valence-corrected chi connectivity index (χ4v) is 2.63. The molecule has 0 aliphatic heterocycles. The molecule has 0 unspecified atom stereocenters. The van der Waals surface area contributed by atoms with E-state index in [2.05, 4.69) is 17.3 Å². The average Bonchev–Trinajstić information content (AvgIpc) is 2.91. The molecule has 2 rings (SSSR count). The predicted octanol–water partition coefficient (Wildman–Crippen LogP) is 3.85. The standard InChI is InChI=1S/C17H20ClN3O/c1-4-12-6-8-15(18)14(5-2)17(12)20-16(22)9-7-13-10-11-19-21(13)3/h6-11H,4-5H2,1-3H3,(H,20,22). The van der Waals surface area contributed by atoms with Crippen LogP contribution in [-0.4, -0.2) is 15.7 Å². The molecule has 1 aromatic heterocycles. The third-order valence-electron chi connectivity index (χ3n) is 3.59. The molecule has 22 heavy (non-hydrogen) atoms. The molecule has 1 amide bonds. The molecule has 1 N–H and O–H groups in total. The number of benzene rings is 1. The number of halogens is 1. The largest absolute Gasteiger partial charge is 0.322 e. The number of nitrogens with one attached hydrogen (secondary N) is 1. The number of hydrogen-bond donors (Lipinski definition) is 1. The topological polar surface area (TPSA) is 46.9 Å². The first-order valence-corrected chi connectivity index (χ1v) is 7.71. The van der Waals surface area contributed by atoms with Crippen LogP contribution in [0, 0.1) is 0 Å². The average molecular weight is 318 g/mol. The molecule has 5 heteroatoms. The van der Waals surface area contributed by atoms with Gasteiger partial charge in [0, 0.05) is 30.0 Å². The molecule has 0 saturated heterocycles. The van der Waals surface area contributed by atoms with Gasteiger partial charge < -0.3 is 5.32 Å². The third kappa shape index (κ3) is 3.57. The number of aromatic nitrogens is 2. The Kier molecular flexibility index (Phi) is 5.39. The molecule has 0 fully saturated rings. The monoisotopic (exact) mass is 317 g/mol. The Morgan fingerprint density at radius 3 is 2.68 bits per heavy atom. The molecule has 0 atom stereocenters. The Balaban J connectivity index is 2.23. The van der Waals surface area contributed by atoms with E-state index in [0.717, 1.165) is 35.3 Å². The lowest BCUT2D eigenvalue weighted by Gasteiger charge is -2.15. The number of hydrogen-bond acceptors (Lipinski definition) is 2. The zero-order valence-corrected chi connectivity index (χ0v) is 13.8. The van der Waals surface area contributed by atoms with Crippen molar-refractivity contribution in [3.63, 3.8) is 0 Å². The Morgan fingerprint density at radius 2 is 2.09 bits per heavy atom. The Morgan fingerprint density at radius 1 is 1.32 bits per heavy atom. The van der Waals surface area contributed by atoms with Gasteiger partial charge in [-0.2, -0.15) is 5.10 Å². The van der Waals surface area contributed by atoms with Crippen molar-refractivity contribution in [3.05, 3.63) is 52.3 Å². The summed E-state index contributed by atoms with van der Waals surface area (Å²) < 4.78 is 1.71. The summed E-state index contributed by atoms with van der Waals surface area (Å²) in [7, 11) is 1.83. The minimum atomic E-state index is -0.173. The normalized spacial score (nSPS) is 11.1. The molecule has 2 aromatic rings. The molecule has 0 aliphatic rings. The maximum Gasteiger partial charge on any atom is 0.248 e. The van der Waals surface area contributed by atoms with E-state index in [1.165, 1.54) is 6.08 Å². The van der Waals surface area contributed by atoms with Crippen molar-refractivity contribution in [1.82, 2.24) is 9.78 Å². The maximum absolute atomic E-state index is 12.2. The second-order valence-electron chi connectivity index (χ2n) is 4.97. The van der Waals surface area contributed by atoms with E-state index < -0.39 is 0 Å². The van der Waals surface area contributed by atoms with Crippen molar-refractivity contribution < 1.29 is 4.79 Å². The molecule has 0 aliphatic carbocycles. The van der Waals surface area contributed by atoms with Gasteiger partial charge in [-0.25, -0.2) is 0 Å². The molecule has 4 nitrogen and oxygen atoms in total. The third-order valence-corrected chi connectivity index (χ3v) is 3.94. The molecule has 1 heterocycles. The van der Waals surface area contributed by atoms with Crippen LogP contribution in [0.5, 0.6) is 0 Å². The van der Waals surface area contributed by atoms with Crippen molar-refractivity contribution in [2.75, 3.05) is 5.32 Å². The van der Waals surface area contributed by atoms with Crippen molar-refractivity contribution >= 4 is 29.3 Å². The van der Waals surface area contributed by atoms with E-state index in [4.69, 9.17) is 11.6 Å². The summed E-state index contributed by atoms with van der Waals surface area (Å²) in [6.45, 7) is 4.09. The predicted molar refractivity (Wildman–Crippen MR) is 91.1 cm³/mol. The zero-order valence-electron chi connectivity index (χ0n) is 13.1. The zero-order chi connectivity index (χ0) is 16.1. The van der Waals surface area contributed by atoms with E-state index in [-0.39, 0.29) is 5.91 Å². The fraction of sp³-hybridized carbons (Fsp3) is 0.294. The van der Waals surface area contributed by atoms with Crippen molar-refractivity contribution in [2.45, 2.75) is 26.7 Å². The summed E-state index contributed by atoms with van der Waals surface area (Å²) in [4.78, 5) is 12.2. The Labute approximate surface area is 135 Å².